The number of nitrogens with one attached hydrogen (secondary N) is 1. The van der Waals surface area contributed by atoms with Gasteiger partial charge in [0.15, 0.2) is 0 Å². The Bertz CT molecular complexity index is 364. The Morgan fingerprint density at radius 3 is 2.44 bits per heavy atom. The molecule has 1 aromatic rings. The number of Topliss-reactive ketones (excluding diaryl/α,β-unsaturated/α-hetero) is 1. The summed E-state index contributed by atoms with van der Waals surface area (Å²) < 4.78 is 0. The first kappa shape index (κ1) is 14.6. The lowest BCUT2D eigenvalue weighted by Gasteiger charge is -2.02. The van der Waals surface area contributed by atoms with Gasteiger partial charge in [0.25, 0.3) is 5.91 Å². The van der Waals surface area contributed by atoms with E-state index >= 15 is 0 Å². The average molecular weight is 242 g/mol. The fourth-order valence-corrected chi connectivity index (χ4v) is 1.13. The number of ketones is 1. The normalized spacial score (nSPS) is 8.75. The molecule has 1 aromatic carbocycles. The van der Waals surface area contributed by atoms with Crippen LogP contribution in [0.1, 0.15) is 31.1 Å². The van der Waals surface area contributed by atoms with Gasteiger partial charge in [-0.2, -0.15) is 0 Å². The molecule has 0 fully saturated rings. The number of amides is 1. The SMILES string of the molecule is CC.CC(=O)CNC(=O)c1cccc(Cl)c1. The van der Waals surface area contributed by atoms with Crippen molar-refractivity contribution in [2.75, 3.05) is 6.54 Å². The minimum Gasteiger partial charge on any atom is -0.345 e. The average Bonchev–Trinajstić information content (AvgIpc) is 2.28. The Hall–Kier alpha value is -1.35. The van der Waals surface area contributed by atoms with Gasteiger partial charge in [0, 0.05) is 10.6 Å². The van der Waals surface area contributed by atoms with Crippen LogP contribution in [0.15, 0.2) is 24.3 Å². The molecule has 3 nitrogen and oxygen atoms in total. The minimum absolute atomic E-state index is 0.0470. The Morgan fingerprint density at radius 1 is 1.31 bits per heavy atom. The van der Waals surface area contributed by atoms with Gasteiger partial charge in [0.05, 0.1) is 6.54 Å². The summed E-state index contributed by atoms with van der Waals surface area (Å²) in [5, 5.41) is 2.98. The predicted molar refractivity (Wildman–Crippen MR) is 65.8 cm³/mol. The van der Waals surface area contributed by atoms with Crippen molar-refractivity contribution in [1.29, 1.82) is 0 Å². The molecule has 4 heteroatoms. The van der Waals surface area contributed by atoms with E-state index in [4.69, 9.17) is 11.6 Å². The molecule has 1 rings (SSSR count). The maximum Gasteiger partial charge on any atom is 0.251 e. The van der Waals surface area contributed by atoms with Crippen molar-refractivity contribution < 1.29 is 9.59 Å². The van der Waals surface area contributed by atoms with E-state index in [1.165, 1.54) is 6.92 Å². The largest absolute Gasteiger partial charge is 0.345 e. The molecular weight excluding hydrogens is 226 g/mol. The van der Waals surface area contributed by atoms with Crippen molar-refractivity contribution in [3.8, 4) is 0 Å². The molecular formula is C12H16ClNO2. The van der Waals surface area contributed by atoms with Gasteiger partial charge >= 0.3 is 0 Å². The van der Waals surface area contributed by atoms with Crippen LogP contribution in [-0.4, -0.2) is 18.2 Å². The van der Waals surface area contributed by atoms with Crippen LogP contribution < -0.4 is 5.32 Å². The van der Waals surface area contributed by atoms with Crippen molar-refractivity contribution in [1.82, 2.24) is 5.32 Å². The molecule has 0 bridgehead atoms. The smallest absolute Gasteiger partial charge is 0.251 e. The van der Waals surface area contributed by atoms with Gasteiger partial charge in [-0.05, 0) is 25.1 Å². The Labute approximate surface area is 101 Å². The third-order valence-corrected chi connectivity index (χ3v) is 1.82. The zero-order valence-corrected chi connectivity index (χ0v) is 10.5. The van der Waals surface area contributed by atoms with E-state index in [1.807, 2.05) is 13.8 Å². The Balaban J connectivity index is 0.00000106. The summed E-state index contributed by atoms with van der Waals surface area (Å²) in [6.07, 6.45) is 0. The lowest BCUT2D eigenvalue weighted by atomic mass is 10.2. The fraction of sp³-hybridized carbons (Fsp3) is 0.333. The van der Waals surface area contributed by atoms with Gasteiger partial charge in [-0.15, -0.1) is 0 Å². The van der Waals surface area contributed by atoms with Crippen molar-refractivity contribution in [2.24, 2.45) is 0 Å². The summed E-state index contributed by atoms with van der Waals surface area (Å²) in [4.78, 5) is 22.0. The van der Waals surface area contributed by atoms with Crippen LogP contribution >= 0.6 is 11.6 Å². The predicted octanol–water partition coefficient (Wildman–Crippen LogP) is 2.69. The molecule has 0 saturated heterocycles. The summed E-state index contributed by atoms with van der Waals surface area (Å²) in [5.74, 6) is -0.372. The van der Waals surface area contributed by atoms with E-state index in [9.17, 15) is 9.59 Å². The van der Waals surface area contributed by atoms with Crippen LogP contribution in [0.4, 0.5) is 0 Å². The number of hydrogen-bond donors (Lipinski definition) is 1. The molecule has 0 aliphatic carbocycles. The molecule has 0 radical (unpaired) electrons. The molecule has 0 unspecified atom stereocenters. The monoisotopic (exact) mass is 241 g/mol. The van der Waals surface area contributed by atoms with E-state index in [0.717, 1.165) is 0 Å². The first-order valence-corrected chi connectivity index (χ1v) is 5.50. The highest BCUT2D eigenvalue weighted by Crippen LogP contribution is 2.10. The highest BCUT2D eigenvalue weighted by Gasteiger charge is 2.05. The van der Waals surface area contributed by atoms with Crippen LogP contribution in [0.2, 0.25) is 5.02 Å². The molecule has 1 N–H and O–H groups in total. The highest BCUT2D eigenvalue weighted by atomic mass is 35.5. The van der Waals surface area contributed by atoms with Gasteiger partial charge in [0.2, 0.25) is 0 Å². The fourth-order valence-electron chi connectivity index (χ4n) is 0.937. The number of carbonyl (C=O) groups excluding carboxylic acids is 2. The lowest BCUT2D eigenvalue weighted by molar-refractivity contribution is -0.116. The molecule has 88 valence electrons. The minimum atomic E-state index is -0.289. The molecule has 0 spiro atoms. The zero-order chi connectivity index (χ0) is 12.6. The number of rotatable bonds is 3. The summed E-state index contributed by atoms with van der Waals surface area (Å²) in [5.41, 5.74) is 0.457. The molecule has 0 aliphatic heterocycles. The van der Waals surface area contributed by atoms with Gasteiger partial charge in [0.1, 0.15) is 5.78 Å². The molecule has 0 aliphatic rings. The quantitative estimate of drug-likeness (QED) is 0.885. The van der Waals surface area contributed by atoms with Crippen molar-refractivity contribution in [3.05, 3.63) is 34.9 Å². The number of hydrogen-bond acceptors (Lipinski definition) is 2. The Morgan fingerprint density at radius 2 is 1.94 bits per heavy atom. The van der Waals surface area contributed by atoms with Gasteiger partial charge in [-0.3, -0.25) is 9.59 Å². The summed E-state index contributed by atoms with van der Waals surface area (Å²) in [7, 11) is 0. The van der Waals surface area contributed by atoms with Crippen LogP contribution in [-0.2, 0) is 4.79 Å². The number of benzene rings is 1. The van der Waals surface area contributed by atoms with E-state index in [-0.39, 0.29) is 18.2 Å². The van der Waals surface area contributed by atoms with Crippen molar-refractivity contribution in [3.63, 3.8) is 0 Å². The standard InChI is InChI=1S/C10H10ClNO2.C2H6/c1-7(13)6-12-10(14)8-3-2-4-9(11)5-8;1-2/h2-5H,6H2,1H3,(H,12,14);1-2H3. The second kappa shape index (κ2) is 7.88. The summed E-state index contributed by atoms with van der Waals surface area (Å²) in [6, 6.07) is 6.56. The summed E-state index contributed by atoms with van der Waals surface area (Å²) >= 11 is 5.70. The van der Waals surface area contributed by atoms with E-state index < -0.39 is 0 Å². The maximum atomic E-state index is 11.4. The second-order valence-corrected chi connectivity index (χ2v) is 3.33. The first-order chi connectivity index (χ1) is 7.59. The molecule has 0 saturated carbocycles. The van der Waals surface area contributed by atoms with E-state index in [2.05, 4.69) is 5.32 Å². The topological polar surface area (TPSA) is 46.2 Å². The third-order valence-electron chi connectivity index (χ3n) is 1.58. The van der Waals surface area contributed by atoms with Crippen LogP contribution in [0, 0.1) is 0 Å². The number of halogens is 1. The second-order valence-electron chi connectivity index (χ2n) is 2.90. The van der Waals surface area contributed by atoms with Crippen LogP contribution in [0.3, 0.4) is 0 Å². The van der Waals surface area contributed by atoms with Gasteiger partial charge in [-0.1, -0.05) is 31.5 Å². The van der Waals surface area contributed by atoms with Gasteiger partial charge < -0.3 is 5.32 Å². The van der Waals surface area contributed by atoms with Crippen LogP contribution in [0.25, 0.3) is 0 Å². The zero-order valence-electron chi connectivity index (χ0n) is 9.71. The maximum absolute atomic E-state index is 11.4. The first-order valence-electron chi connectivity index (χ1n) is 5.13. The van der Waals surface area contributed by atoms with Crippen LogP contribution in [0.5, 0.6) is 0 Å². The van der Waals surface area contributed by atoms with Crippen molar-refractivity contribution >= 4 is 23.3 Å². The van der Waals surface area contributed by atoms with Crippen molar-refractivity contribution in [2.45, 2.75) is 20.8 Å². The third kappa shape index (κ3) is 5.51. The van der Waals surface area contributed by atoms with Gasteiger partial charge in [-0.25, -0.2) is 0 Å². The molecule has 1 amide bonds. The van der Waals surface area contributed by atoms with E-state index in [1.54, 1.807) is 24.3 Å². The summed E-state index contributed by atoms with van der Waals surface area (Å²) in [6.45, 7) is 5.46. The van der Waals surface area contributed by atoms with E-state index in [0.29, 0.717) is 10.6 Å². The Kier molecular flexibility index (Phi) is 7.21. The molecule has 16 heavy (non-hydrogen) atoms. The molecule has 0 heterocycles. The molecule has 0 atom stereocenters. The number of carbonyl (C=O) groups is 2. The lowest BCUT2D eigenvalue weighted by Crippen LogP contribution is -2.28. The molecule has 0 aromatic heterocycles. The highest BCUT2D eigenvalue weighted by molar-refractivity contribution is 6.30.